The first-order valence-corrected chi connectivity index (χ1v) is 8.38. The quantitative estimate of drug-likeness (QED) is 0.349. The number of carbonyl (C=O) groups excluding carboxylic acids is 1. The number of ether oxygens (including phenoxy) is 1. The molecule has 3 rings (SSSR count). The van der Waals surface area contributed by atoms with E-state index in [1.807, 2.05) is 0 Å². The van der Waals surface area contributed by atoms with Gasteiger partial charge in [0.25, 0.3) is 11.6 Å². The topological polar surface area (TPSA) is 72.7 Å². The molecule has 0 spiro atoms. The first-order chi connectivity index (χ1) is 12.0. The van der Waals surface area contributed by atoms with Gasteiger partial charge in [0, 0.05) is 12.1 Å². The van der Waals surface area contributed by atoms with Gasteiger partial charge in [0.2, 0.25) is 0 Å². The fourth-order valence-electron chi connectivity index (χ4n) is 2.27. The Labute approximate surface area is 153 Å². The van der Waals surface area contributed by atoms with Crippen molar-refractivity contribution in [2.75, 3.05) is 12.0 Å². The first-order valence-electron chi connectivity index (χ1n) is 7.16. The molecule has 0 saturated carbocycles. The average Bonchev–Trinajstić information content (AvgIpc) is 2.89. The Morgan fingerprint density at radius 3 is 2.36 bits per heavy atom. The number of amides is 1. The van der Waals surface area contributed by atoms with Crippen molar-refractivity contribution in [1.82, 2.24) is 0 Å². The number of hydrogen-bond donors (Lipinski definition) is 0. The largest absolute Gasteiger partial charge is 0.497 e. The Bertz CT molecular complexity index is 877. The monoisotopic (exact) mass is 372 g/mol. The molecule has 0 unspecified atom stereocenters. The minimum atomic E-state index is -0.465. The molecule has 1 aliphatic rings. The molecule has 8 heteroatoms. The van der Waals surface area contributed by atoms with Gasteiger partial charge in [0.15, 0.2) is 4.32 Å². The van der Waals surface area contributed by atoms with Crippen molar-refractivity contribution in [2.45, 2.75) is 0 Å². The molecule has 1 fully saturated rings. The number of nitro groups is 1. The molecule has 1 heterocycles. The summed E-state index contributed by atoms with van der Waals surface area (Å²) in [4.78, 5) is 24.8. The number of thiocarbonyl (C=S) groups is 1. The number of rotatable bonds is 4. The molecule has 0 radical (unpaired) electrons. The van der Waals surface area contributed by atoms with E-state index in [2.05, 4.69) is 0 Å². The molecule has 0 aromatic heterocycles. The van der Waals surface area contributed by atoms with Crippen LogP contribution in [-0.4, -0.2) is 22.3 Å². The van der Waals surface area contributed by atoms with Crippen molar-refractivity contribution in [3.8, 4) is 5.75 Å². The SMILES string of the molecule is COc1ccc(N2C(=O)/C(=C/c3ccc([N+](=O)[O-])cc3)SC2=S)cc1. The smallest absolute Gasteiger partial charge is 0.270 e. The predicted molar refractivity (Wildman–Crippen MR) is 102 cm³/mol. The van der Waals surface area contributed by atoms with E-state index < -0.39 is 4.92 Å². The van der Waals surface area contributed by atoms with Gasteiger partial charge >= 0.3 is 0 Å². The fraction of sp³-hybridized carbons (Fsp3) is 0.0588. The Balaban J connectivity index is 1.85. The summed E-state index contributed by atoms with van der Waals surface area (Å²) in [6, 6.07) is 13.0. The molecule has 0 atom stereocenters. The van der Waals surface area contributed by atoms with Crippen molar-refractivity contribution in [2.24, 2.45) is 0 Å². The lowest BCUT2D eigenvalue weighted by atomic mass is 10.2. The highest BCUT2D eigenvalue weighted by molar-refractivity contribution is 8.27. The molecular formula is C17H12N2O4S2. The summed E-state index contributed by atoms with van der Waals surface area (Å²) in [5, 5.41) is 10.7. The van der Waals surface area contributed by atoms with Gasteiger partial charge in [0.05, 0.1) is 22.6 Å². The molecule has 6 nitrogen and oxygen atoms in total. The normalized spacial score (nSPS) is 15.7. The second kappa shape index (κ2) is 7.04. The van der Waals surface area contributed by atoms with Crippen LogP contribution in [0, 0.1) is 10.1 Å². The maximum absolute atomic E-state index is 12.7. The van der Waals surface area contributed by atoms with Crippen LogP contribution in [0.25, 0.3) is 6.08 Å². The van der Waals surface area contributed by atoms with Crippen LogP contribution in [-0.2, 0) is 4.79 Å². The van der Waals surface area contributed by atoms with Gasteiger partial charge in [-0.1, -0.05) is 24.0 Å². The van der Waals surface area contributed by atoms with Gasteiger partial charge < -0.3 is 4.74 Å². The van der Waals surface area contributed by atoms with E-state index >= 15 is 0 Å². The number of hydrogen-bond acceptors (Lipinski definition) is 6. The van der Waals surface area contributed by atoms with Gasteiger partial charge in [-0.25, -0.2) is 0 Å². The standard InChI is InChI=1S/C17H12N2O4S2/c1-23-14-8-6-12(7-9-14)18-16(20)15(25-17(18)24)10-11-2-4-13(5-3-11)19(21)22/h2-10H,1H3/b15-10-. The number of non-ortho nitro benzene ring substituents is 1. The molecule has 25 heavy (non-hydrogen) atoms. The van der Waals surface area contributed by atoms with E-state index in [-0.39, 0.29) is 11.6 Å². The highest BCUT2D eigenvalue weighted by Crippen LogP contribution is 2.36. The summed E-state index contributed by atoms with van der Waals surface area (Å²) in [6.07, 6.45) is 1.67. The van der Waals surface area contributed by atoms with E-state index in [1.165, 1.54) is 28.8 Å². The first kappa shape index (κ1) is 17.1. The van der Waals surface area contributed by atoms with Gasteiger partial charge in [-0.3, -0.25) is 19.8 Å². The number of nitro benzene ring substituents is 1. The van der Waals surface area contributed by atoms with Crippen LogP contribution in [0.4, 0.5) is 11.4 Å². The highest BCUT2D eigenvalue weighted by atomic mass is 32.2. The third kappa shape index (κ3) is 3.54. The molecule has 0 N–H and O–H groups in total. The van der Waals surface area contributed by atoms with E-state index in [4.69, 9.17) is 17.0 Å². The van der Waals surface area contributed by atoms with Crippen molar-refractivity contribution in [3.05, 3.63) is 69.1 Å². The number of thioether (sulfide) groups is 1. The molecule has 2 aromatic rings. The summed E-state index contributed by atoms with van der Waals surface area (Å²) >= 11 is 6.51. The lowest BCUT2D eigenvalue weighted by molar-refractivity contribution is -0.384. The number of nitrogens with zero attached hydrogens (tertiary/aromatic N) is 2. The summed E-state index contributed by atoms with van der Waals surface area (Å²) in [7, 11) is 1.57. The third-order valence-corrected chi connectivity index (χ3v) is 4.83. The summed E-state index contributed by atoms with van der Waals surface area (Å²) in [6.45, 7) is 0. The van der Waals surface area contributed by atoms with Crippen molar-refractivity contribution >= 4 is 51.7 Å². The Kier molecular flexibility index (Phi) is 4.82. The fourth-order valence-corrected chi connectivity index (χ4v) is 3.56. The Morgan fingerprint density at radius 1 is 1.16 bits per heavy atom. The van der Waals surface area contributed by atoms with E-state index in [0.29, 0.717) is 26.2 Å². The summed E-state index contributed by atoms with van der Waals surface area (Å²) in [5.41, 5.74) is 1.36. The zero-order valence-electron chi connectivity index (χ0n) is 13.0. The summed E-state index contributed by atoms with van der Waals surface area (Å²) in [5.74, 6) is 0.467. The summed E-state index contributed by atoms with van der Waals surface area (Å²) < 4.78 is 5.54. The third-order valence-electron chi connectivity index (χ3n) is 3.53. The number of anilines is 1. The molecular weight excluding hydrogens is 360 g/mol. The average molecular weight is 372 g/mol. The maximum atomic E-state index is 12.7. The lowest BCUT2D eigenvalue weighted by Crippen LogP contribution is -2.27. The molecule has 2 aromatic carbocycles. The highest BCUT2D eigenvalue weighted by Gasteiger charge is 2.33. The van der Waals surface area contributed by atoms with Crippen LogP contribution < -0.4 is 9.64 Å². The van der Waals surface area contributed by atoms with Crippen LogP contribution in [0.15, 0.2) is 53.4 Å². The minimum absolute atomic E-state index is 0.00271. The minimum Gasteiger partial charge on any atom is -0.497 e. The van der Waals surface area contributed by atoms with Gasteiger partial charge in [0.1, 0.15) is 5.75 Å². The van der Waals surface area contributed by atoms with Gasteiger partial charge in [-0.05, 0) is 48.0 Å². The maximum Gasteiger partial charge on any atom is 0.270 e. The zero-order chi connectivity index (χ0) is 18.0. The van der Waals surface area contributed by atoms with Crippen LogP contribution in [0.1, 0.15) is 5.56 Å². The van der Waals surface area contributed by atoms with Crippen LogP contribution >= 0.6 is 24.0 Å². The van der Waals surface area contributed by atoms with Crippen molar-refractivity contribution in [3.63, 3.8) is 0 Å². The molecule has 1 saturated heterocycles. The second-order valence-corrected chi connectivity index (χ2v) is 6.74. The molecule has 1 amide bonds. The lowest BCUT2D eigenvalue weighted by Gasteiger charge is -2.14. The molecule has 1 aliphatic heterocycles. The van der Waals surface area contributed by atoms with Crippen molar-refractivity contribution < 1.29 is 14.5 Å². The molecule has 0 bridgehead atoms. The van der Waals surface area contributed by atoms with Crippen LogP contribution in [0.3, 0.4) is 0 Å². The zero-order valence-corrected chi connectivity index (χ0v) is 14.7. The van der Waals surface area contributed by atoms with Crippen LogP contribution in [0.2, 0.25) is 0 Å². The second-order valence-electron chi connectivity index (χ2n) is 5.06. The van der Waals surface area contributed by atoms with Gasteiger partial charge in [-0.2, -0.15) is 0 Å². The number of benzene rings is 2. The Morgan fingerprint density at radius 2 is 1.80 bits per heavy atom. The molecule has 0 aliphatic carbocycles. The van der Waals surface area contributed by atoms with Gasteiger partial charge in [-0.15, -0.1) is 0 Å². The van der Waals surface area contributed by atoms with E-state index in [1.54, 1.807) is 49.6 Å². The van der Waals surface area contributed by atoms with Crippen molar-refractivity contribution in [1.29, 1.82) is 0 Å². The predicted octanol–water partition coefficient (Wildman–Crippen LogP) is 4.01. The van der Waals surface area contributed by atoms with Crippen LogP contribution in [0.5, 0.6) is 5.75 Å². The molecule has 126 valence electrons. The number of carbonyl (C=O) groups is 1. The van der Waals surface area contributed by atoms with E-state index in [9.17, 15) is 14.9 Å². The van der Waals surface area contributed by atoms with E-state index in [0.717, 1.165) is 0 Å². The Hall–Kier alpha value is -2.71. The number of methoxy groups -OCH3 is 1.